The molecule has 0 unspecified atom stereocenters. The van der Waals surface area contributed by atoms with Gasteiger partial charge < -0.3 is 9.47 Å². The quantitative estimate of drug-likeness (QED) is 0.201. The maximum atomic E-state index is 13.0. The highest BCUT2D eigenvalue weighted by Gasteiger charge is 2.35. The van der Waals surface area contributed by atoms with Gasteiger partial charge in [-0.2, -0.15) is 0 Å². The van der Waals surface area contributed by atoms with E-state index in [9.17, 15) is 9.59 Å². The van der Waals surface area contributed by atoms with Crippen LogP contribution in [0, 0.1) is 0 Å². The number of ether oxygens (including phenoxy) is 2. The van der Waals surface area contributed by atoms with Gasteiger partial charge in [0, 0.05) is 4.47 Å². The molecule has 0 radical (unpaired) electrons. The fraction of sp³-hybridized carbons (Fsp3) is 0.133. The van der Waals surface area contributed by atoms with Crippen LogP contribution in [0.3, 0.4) is 0 Å². The second-order valence-electron chi connectivity index (χ2n) is 8.47. The number of hydrogen-bond acceptors (Lipinski definition) is 5. The largest absolute Gasteiger partial charge is 0.490 e. The normalized spacial score (nSPS) is 14.5. The number of thioether (sulfide) groups is 1. The molecule has 0 N–H and O–H groups in total. The first-order chi connectivity index (χ1) is 18.0. The molecule has 7 heteroatoms. The van der Waals surface area contributed by atoms with Gasteiger partial charge in [0.1, 0.15) is 6.61 Å². The molecule has 5 nitrogen and oxygen atoms in total. The second-order valence-corrected chi connectivity index (χ2v) is 10.3. The molecular formula is C30H24BrNO4S. The Balaban J connectivity index is 1.32. The lowest BCUT2D eigenvalue weighted by atomic mass is 10.1. The van der Waals surface area contributed by atoms with Crippen LogP contribution >= 0.6 is 27.7 Å². The summed E-state index contributed by atoms with van der Waals surface area (Å²) in [4.78, 5) is 27.2. The molecule has 0 spiro atoms. The molecule has 0 aliphatic carbocycles. The molecule has 1 saturated heterocycles. The van der Waals surface area contributed by atoms with E-state index in [0.717, 1.165) is 38.3 Å². The molecule has 1 heterocycles. The van der Waals surface area contributed by atoms with Gasteiger partial charge in [0.25, 0.3) is 11.1 Å². The Morgan fingerprint density at radius 2 is 1.65 bits per heavy atom. The lowest BCUT2D eigenvalue weighted by Crippen LogP contribution is -2.27. The van der Waals surface area contributed by atoms with E-state index in [1.165, 1.54) is 10.3 Å². The molecular weight excluding hydrogens is 550 g/mol. The Hall–Kier alpha value is -3.55. The van der Waals surface area contributed by atoms with Gasteiger partial charge in [0.15, 0.2) is 11.5 Å². The first-order valence-electron chi connectivity index (χ1n) is 11.9. The molecule has 0 bridgehead atoms. The van der Waals surface area contributed by atoms with Crippen molar-refractivity contribution >= 4 is 55.7 Å². The third kappa shape index (κ3) is 5.73. The maximum absolute atomic E-state index is 13.0. The van der Waals surface area contributed by atoms with Gasteiger partial charge in [0.05, 0.1) is 18.1 Å². The van der Waals surface area contributed by atoms with Crippen LogP contribution in [0.25, 0.3) is 16.8 Å². The predicted octanol–water partition coefficient (Wildman–Crippen LogP) is 7.82. The average Bonchev–Trinajstić information content (AvgIpc) is 3.16. The van der Waals surface area contributed by atoms with Crippen LogP contribution in [0.5, 0.6) is 11.5 Å². The molecule has 1 fully saturated rings. The number of nitrogens with zero attached hydrogens (tertiary/aromatic N) is 1. The van der Waals surface area contributed by atoms with Crippen LogP contribution < -0.4 is 9.47 Å². The summed E-state index contributed by atoms with van der Waals surface area (Å²) in [5.74, 6) is 0.902. The lowest BCUT2D eigenvalue weighted by Gasteiger charge is -2.14. The molecule has 37 heavy (non-hydrogen) atoms. The fourth-order valence-electron chi connectivity index (χ4n) is 4.08. The van der Waals surface area contributed by atoms with Crippen LogP contribution in [-0.2, 0) is 17.9 Å². The van der Waals surface area contributed by atoms with Crippen LogP contribution in [0.2, 0.25) is 0 Å². The molecule has 1 aliphatic heterocycles. The molecule has 0 atom stereocenters. The molecule has 4 aromatic carbocycles. The molecule has 0 saturated carbocycles. The Morgan fingerprint density at radius 1 is 0.865 bits per heavy atom. The summed E-state index contributed by atoms with van der Waals surface area (Å²) in [6.45, 7) is 3.00. The SMILES string of the molecule is CCOc1cc(/C=C2\SC(=O)N(Cc3ccccc3Br)C2=O)ccc1OCc1ccc2ccccc2c1. The van der Waals surface area contributed by atoms with Crippen molar-refractivity contribution in [3.05, 3.63) is 111 Å². The molecule has 1 aliphatic rings. The van der Waals surface area contributed by atoms with E-state index in [1.54, 1.807) is 6.08 Å². The van der Waals surface area contributed by atoms with E-state index in [2.05, 4.69) is 46.3 Å². The fourth-order valence-corrected chi connectivity index (χ4v) is 5.32. The van der Waals surface area contributed by atoms with Crippen LogP contribution in [0.1, 0.15) is 23.6 Å². The zero-order valence-electron chi connectivity index (χ0n) is 20.1. The average molecular weight is 574 g/mol. The van der Waals surface area contributed by atoms with Crippen molar-refractivity contribution in [1.29, 1.82) is 0 Å². The van der Waals surface area contributed by atoms with Crippen LogP contribution in [0.4, 0.5) is 4.79 Å². The highest BCUT2D eigenvalue weighted by atomic mass is 79.9. The topological polar surface area (TPSA) is 55.8 Å². The number of imide groups is 1. The molecule has 2 amide bonds. The molecule has 5 rings (SSSR count). The minimum absolute atomic E-state index is 0.217. The van der Waals surface area contributed by atoms with Crippen molar-refractivity contribution in [2.24, 2.45) is 0 Å². The smallest absolute Gasteiger partial charge is 0.293 e. The number of rotatable bonds is 8. The summed E-state index contributed by atoms with van der Waals surface area (Å²) in [6.07, 6.45) is 1.72. The van der Waals surface area contributed by atoms with Crippen molar-refractivity contribution in [2.75, 3.05) is 6.61 Å². The molecule has 0 aromatic heterocycles. The highest BCUT2D eigenvalue weighted by molar-refractivity contribution is 9.10. The summed E-state index contributed by atoms with van der Waals surface area (Å²) >= 11 is 4.43. The standard InChI is InChI=1S/C30H24BrNO4S/c1-2-35-27-16-20(12-14-26(27)36-19-21-11-13-22-7-3-4-8-23(22)15-21)17-28-29(33)32(30(34)37-28)18-24-9-5-6-10-25(24)31/h3-17H,2,18-19H2,1H3/b28-17-. The van der Waals surface area contributed by atoms with E-state index in [0.29, 0.717) is 29.6 Å². The first kappa shape index (κ1) is 25.1. The third-order valence-corrected chi connectivity index (χ3v) is 7.61. The van der Waals surface area contributed by atoms with Crippen molar-refractivity contribution in [3.63, 3.8) is 0 Å². The van der Waals surface area contributed by atoms with Crippen molar-refractivity contribution < 1.29 is 19.1 Å². The Kier molecular flexibility index (Phi) is 7.63. The van der Waals surface area contributed by atoms with Gasteiger partial charge in [-0.15, -0.1) is 0 Å². The Morgan fingerprint density at radius 3 is 2.46 bits per heavy atom. The van der Waals surface area contributed by atoms with Gasteiger partial charge in [-0.05, 0) is 76.5 Å². The number of halogens is 1. The number of hydrogen-bond donors (Lipinski definition) is 0. The van der Waals surface area contributed by atoms with Crippen molar-refractivity contribution in [1.82, 2.24) is 4.90 Å². The first-order valence-corrected chi connectivity index (χ1v) is 13.5. The van der Waals surface area contributed by atoms with Gasteiger partial charge in [-0.3, -0.25) is 14.5 Å². The minimum Gasteiger partial charge on any atom is -0.490 e. The lowest BCUT2D eigenvalue weighted by molar-refractivity contribution is -0.123. The summed E-state index contributed by atoms with van der Waals surface area (Å²) in [5, 5.41) is 2.07. The predicted molar refractivity (Wildman–Crippen MR) is 152 cm³/mol. The number of amides is 2. The van der Waals surface area contributed by atoms with Crippen LogP contribution in [-0.4, -0.2) is 22.7 Å². The van der Waals surface area contributed by atoms with E-state index in [4.69, 9.17) is 9.47 Å². The van der Waals surface area contributed by atoms with Crippen molar-refractivity contribution in [3.8, 4) is 11.5 Å². The second kappa shape index (κ2) is 11.2. The number of carbonyl (C=O) groups is 2. The van der Waals surface area contributed by atoms with E-state index in [-0.39, 0.29) is 17.7 Å². The number of fused-ring (bicyclic) bond motifs is 1. The summed E-state index contributed by atoms with van der Waals surface area (Å²) < 4.78 is 12.8. The number of benzene rings is 4. The third-order valence-electron chi connectivity index (χ3n) is 5.93. The van der Waals surface area contributed by atoms with Gasteiger partial charge >= 0.3 is 0 Å². The molecule has 4 aromatic rings. The summed E-state index contributed by atoms with van der Waals surface area (Å²) in [6, 6.07) is 27.6. The Bertz CT molecular complexity index is 1520. The minimum atomic E-state index is -0.305. The maximum Gasteiger partial charge on any atom is 0.293 e. The van der Waals surface area contributed by atoms with E-state index < -0.39 is 0 Å². The van der Waals surface area contributed by atoms with Gasteiger partial charge in [-0.25, -0.2) is 0 Å². The van der Waals surface area contributed by atoms with Gasteiger partial charge in [0.2, 0.25) is 0 Å². The summed E-state index contributed by atoms with van der Waals surface area (Å²) in [7, 11) is 0. The monoisotopic (exact) mass is 573 g/mol. The molecule has 186 valence electrons. The highest BCUT2D eigenvalue weighted by Crippen LogP contribution is 2.36. The van der Waals surface area contributed by atoms with Gasteiger partial charge in [-0.1, -0.05) is 76.6 Å². The van der Waals surface area contributed by atoms with Crippen LogP contribution in [0.15, 0.2) is 94.3 Å². The van der Waals surface area contributed by atoms with E-state index >= 15 is 0 Å². The zero-order valence-corrected chi connectivity index (χ0v) is 22.6. The summed E-state index contributed by atoms with van der Waals surface area (Å²) in [5.41, 5.74) is 2.69. The van der Waals surface area contributed by atoms with Crippen molar-refractivity contribution in [2.45, 2.75) is 20.1 Å². The number of carbonyl (C=O) groups excluding carboxylic acids is 2. The van der Waals surface area contributed by atoms with E-state index in [1.807, 2.05) is 61.5 Å². The zero-order chi connectivity index (χ0) is 25.8. The Labute approximate surface area is 228 Å².